The van der Waals surface area contributed by atoms with Gasteiger partial charge in [0.25, 0.3) is 0 Å². The monoisotopic (exact) mass is 559 g/mol. The molecule has 2 aromatic carbocycles. The van der Waals surface area contributed by atoms with Crippen LogP contribution in [0.2, 0.25) is 0 Å². The Balaban J connectivity index is 2.23. The van der Waals surface area contributed by atoms with Crippen LogP contribution >= 0.6 is 0 Å². The molecule has 2 rings (SSSR count). The fraction of sp³-hybridized carbons (Fsp3) is 0.346. The molecule has 2 aromatic rings. The Kier molecular flexibility index (Phi) is 11.4. The molecule has 40 heavy (non-hydrogen) atoms. The molecular formula is C26H33N5O9. The smallest absolute Gasteiger partial charge is 0.328 e. The molecule has 0 aliphatic carbocycles. The van der Waals surface area contributed by atoms with Crippen LogP contribution in [0.1, 0.15) is 24.5 Å². The van der Waals surface area contributed by atoms with Crippen LogP contribution in [0.5, 0.6) is 11.5 Å². The maximum Gasteiger partial charge on any atom is 0.328 e. The van der Waals surface area contributed by atoms with Gasteiger partial charge in [0.2, 0.25) is 23.6 Å². The van der Waals surface area contributed by atoms with Crippen LogP contribution < -0.4 is 27.4 Å². The summed E-state index contributed by atoms with van der Waals surface area (Å²) in [5.41, 5.74) is 12.3. The number of carbonyl (C=O) groups excluding carboxylic acids is 4. The largest absolute Gasteiger partial charge is 0.508 e. The second-order valence-corrected chi connectivity index (χ2v) is 9.21. The van der Waals surface area contributed by atoms with Gasteiger partial charge in [-0.2, -0.15) is 0 Å². The lowest BCUT2D eigenvalue weighted by Gasteiger charge is -2.25. The molecule has 0 aliphatic heterocycles. The van der Waals surface area contributed by atoms with E-state index in [-0.39, 0.29) is 24.3 Å². The lowest BCUT2D eigenvalue weighted by Crippen LogP contribution is -2.59. The van der Waals surface area contributed by atoms with Gasteiger partial charge < -0.3 is 47.8 Å². The van der Waals surface area contributed by atoms with E-state index in [0.717, 1.165) is 6.92 Å². The molecule has 11 N–H and O–H groups in total. The molecule has 0 radical (unpaired) electrons. The fourth-order valence-corrected chi connectivity index (χ4v) is 3.66. The quantitative estimate of drug-likeness (QED) is 0.123. The molecule has 5 atom stereocenters. The molecule has 0 saturated carbocycles. The maximum absolute atomic E-state index is 13.2. The van der Waals surface area contributed by atoms with Crippen LogP contribution in [0.25, 0.3) is 0 Å². The SMILES string of the molecule is CC(O)C(NC(=O)C(Cc1ccc(O)cc1)NC(=O)C(CC(N)=O)NC(=O)C(N)Cc1ccc(O)cc1)C(=O)O. The molecule has 0 heterocycles. The molecule has 0 bridgehead atoms. The summed E-state index contributed by atoms with van der Waals surface area (Å²) in [7, 11) is 0. The molecule has 0 fully saturated rings. The van der Waals surface area contributed by atoms with Crippen LogP contribution in [0.15, 0.2) is 48.5 Å². The number of aliphatic carboxylic acids is 1. The topological polar surface area (TPSA) is 254 Å². The summed E-state index contributed by atoms with van der Waals surface area (Å²) in [4.78, 5) is 62.0. The van der Waals surface area contributed by atoms with E-state index in [0.29, 0.717) is 11.1 Å². The summed E-state index contributed by atoms with van der Waals surface area (Å²) in [6.45, 7) is 1.16. The molecule has 0 spiro atoms. The van der Waals surface area contributed by atoms with Gasteiger partial charge in [0, 0.05) is 6.42 Å². The van der Waals surface area contributed by atoms with Crippen molar-refractivity contribution in [2.24, 2.45) is 11.5 Å². The Morgan fingerprint density at radius 3 is 1.65 bits per heavy atom. The van der Waals surface area contributed by atoms with E-state index in [4.69, 9.17) is 11.5 Å². The zero-order chi connectivity index (χ0) is 30.0. The maximum atomic E-state index is 13.2. The van der Waals surface area contributed by atoms with Gasteiger partial charge in [-0.3, -0.25) is 19.2 Å². The highest BCUT2D eigenvalue weighted by atomic mass is 16.4. The van der Waals surface area contributed by atoms with Crippen molar-refractivity contribution in [2.75, 3.05) is 0 Å². The summed E-state index contributed by atoms with van der Waals surface area (Å²) in [5.74, 6) is -5.23. The number of phenols is 2. The minimum atomic E-state index is -1.69. The van der Waals surface area contributed by atoms with Gasteiger partial charge in [0.05, 0.1) is 18.6 Å². The third-order valence-electron chi connectivity index (χ3n) is 5.82. The summed E-state index contributed by atoms with van der Waals surface area (Å²) < 4.78 is 0. The predicted octanol–water partition coefficient (Wildman–Crippen LogP) is -1.99. The molecule has 0 aromatic heterocycles. The number of rotatable bonds is 14. The lowest BCUT2D eigenvalue weighted by molar-refractivity contribution is -0.145. The normalized spacial score (nSPS) is 14.6. The number of carboxylic acid groups (broad SMARTS) is 1. The van der Waals surface area contributed by atoms with E-state index in [1.807, 2.05) is 0 Å². The summed E-state index contributed by atoms with van der Waals surface area (Å²) >= 11 is 0. The van der Waals surface area contributed by atoms with Crippen LogP contribution in [0.4, 0.5) is 0 Å². The van der Waals surface area contributed by atoms with Gasteiger partial charge in [-0.15, -0.1) is 0 Å². The molecule has 5 unspecified atom stereocenters. The van der Waals surface area contributed by atoms with Crippen molar-refractivity contribution < 1.29 is 44.4 Å². The van der Waals surface area contributed by atoms with E-state index >= 15 is 0 Å². The number of hydrogen-bond acceptors (Lipinski definition) is 9. The number of benzene rings is 2. The number of carbonyl (C=O) groups is 5. The van der Waals surface area contributed by atoms with Gasteiger partial charge in [-0.05, 0) is 48.7 Å². The number of nitrogens with one attached hydrogen (secondary N) is 3. The lowest BCUT2D eigenvalue weighted by atomic mass is 10.0. The Labute approximate surface area is 229 Å². The minimum absolute atomic E-state index is 0.0222. The van der Waals surface area contributed by atoms with Crippen LogP contribution in [-0.4, -0.2) is 80.3 Å². The molecular weight excluding hydrogens is 526 g/mol. The van der Waals surface area contributed by atoms with Crippen molar-refractivity contribution >= 4 is 29.6 Å². The molecule has 0 aliphatic rings. The Bertz CT molecular complexity index is 1200. The molecule has 14 nitrogen and oxygen atoms in total. The average Bonchev–Trinajstić information content (AvgIpc) is 2.88. The Hall–Kier alpha value is -4.69. The molecule has 4 amide bonds. The van der Waals surface area contributed by atoms with Crippen molar-refractivity contribution in [3.8, 4) is 11.5 Å². The standard InChI is InChI=1S/C26H33N5O9/c1-13(32)22(26(39)40)31-25(38)19(11-15-4-8-17(34)9-5-15)30-24(37)20(12-21(28)35)29-23(36)18(27)10-14-2-6-16(33)7-3-14/h2-9,13,18-20,22,32-34H,10-12,27H2,1H3,(H2,28,35)(H,29,36)(H,30,37)(H,31,38)(H,39,40). The number of aromatic hydroxyl groups is 2. The van der Waals surface area contributed by atoms with Crippen molar-refractivity contribution in [1.29, 1.82) is 0 Å². The number of amides is 4. The zero-order valence-corrected chi connectivity index (χ0v) is 21.6. The van der Waals surface area contributed by atoms with E-state index in [1.165, 1.54) is 36.4 Å². The first-order chi connectivity index (χ1) is 18.8. The first-order valence-electron chi connectivity index (χ1n) is 12.2. The first kappa shape index (κ1) is 31.5. The van der Waals surface area contributed by atoms with E-state index in [1.54, 1.807) is 12.1 Å². The summed E-state index contributed by atoms with van der Waals surface area (Å²) in [5, 5.41) is 44.9. The summed E-state index contributed by atoms with van der Waals surface area (Å²) in [6, 6.07) is 5.77. The number of aliphatic hydroxyl groups excluding tert-OH is 1. The number of hydrogen-bond donors (Lipinski definition) is 9. The predicted molar refractivity (Wildman–Crippen MR) is 141 cm³/mol. The number of primary amides is 1. The zero-order valence-electron chi connectivity index (χ0n) is 21.6. The van der Waals surface area contributed by atoms with Crippen LogP contribution in [0, 0.1) is 0 Å². The minimum Gasteiger partial charge on any atom is -0.508 e. The fourth-order valence-electron chi connectivity index (χ4n) is 3.66. The molecule has 216 valence electrons. The van der Waals surface area contributed by atoms with Gasteiger partial charge in [-0.25, -0.2) is 4.79 Å². The number of nitrogens with two attached hydrogens (primary N) is 2. The van der Waals surface area contributed by atoms with Crippen LogP contribution in [-0.2, 0) is 36.8 Å². The van der Waals surface area contributed by atoms with Crippen molar-refractivity contribution in [3.63, 3.8) is 0 Å². The van der Waals surface area contributed by atoms with Crippen molar-refractivity contribution in [3.05, 3.63) is 59.7 Å². The van der Waals surface area contributed by atoms with E-state index < -0.39 is 66.3 Å². The van der Waals surface area contributed by atoms with Gasteiger partial charge in [-0.1, -0.05) is 24.3 Å². The third kappa shape index (κ3) is 9.89. The summed E-state index contributed by atoms with van der Waals surface area (Å²) in [6.07, 6.45) is -2.24. The van der Waals surface area contributed by atoms with Gasteiger partial charge >= 0.3 is 5.97 Å². The Morgan fingerprint density at radius 1 is 0.750 bits per heavy atom. The molecule has 14 heteroatoms. The van der Waals surface area contributed by atoms with Crippen molar-refractivity contribution in [1.82, 2.24) is 16.0 Å². The number of carboxylic acids is 1. The second kappa shape index (κ2) is 14.5. The van der Waals surface area contributed by atoms with E-state index in [2.05, 4.69) is 16.0 Å². The molecule has 0 saturated heterocycles. The number of aliphatic hydroxyl groups is 1. The first-order valence-corrected chi connectivity index (χ1v) is 12.2. The highest BCUT2D eigenvalue weighted by molar-refractivity contribution is 5.96. The Morgan fingerprint density at radius 2 is 1.20 bits per heavy atom. The van der Waals surface area contributed by atoms with Crippen LogP contribution in [0.3, 0.4) is 0 Å². The average molecular weight is 560 g/mol. The van der Waals surface area contributed by atoms with Crippen molar-refractivity contribution in [2.45, 2.75) is 56.5 Å². The van der Waals surface area contributed by atoms with E-state index in [9.17, 15) is 44.4 Å². The third-order valence-corrected chi connectivity index (χ3v) is 5.82. The number of phenolic OH excluding ortho intramolecular Hbond substituents is 2. The second-order valence-electron chi connectivity index (χ2n) is 9.21. The van der Waals surface area contributed by atoms with Gasteiger partial charge in [0.1, 0.15) is 23.6 Å². The van der Waals surface area contributed by atoms with Gasteiger partial charge in [0.15, 0.2) is 6.04 Å². The highest BCUT2D eigenvalue weighted by Gasteiger charge is 2.32. The highest BCUT2D eigenvalue weighted by Crippen LogP contribution is 2.13.